The lowest BCUT2D eigenvalue weighted by molar-refractivity contribution is 0.156. The third-order valence-electron chi connectivity index (χ3n) is 2.28. The molecule has 2 saturated heterocycles. The summed E-state index contributed by atoms with van der Waals surface area (Å²) in [6, 6.07) is 6.12. The lowest BCUT2D eigenvalue weighted by Gasteiger charge is -1.96. The summed E-state index contributed by atoms with van der Waals surface area (Å²) in [5, 5.41) is 5.04. The van der Waals surface area contributed by atoms with Crippen LogP contribution in [0.2, 0.25) is 5.02 Å². The van der Waals surface area contributed by atoms with E-state index in [1.165, 1.54) is 12.1 Å². The van der Waals surface area contributed by atoms with Gasteiger partial charge >= 0.3 is 0 Å². The van der Waals surface area contributed by atoms with E-state index in [-0.39, 0.29) is 10.8 Å². The molecule has 5 heteroatoms. The molecule has 0 amide bonds. The molecular weight excluding hydrogens is 249 g/mol. The van der Waals surface area contributed by atoms with Gasteiger partial charge in [0.05, 0.1) is 28.9 Å². The quantitative estimate of drug-likeness (QED) is 0.725. The Labute approximate surface area is 104 Å². The zero-order valence-corrected chi connectivity index (χ0v) is 10.2. The zero-order chi connectivity index (χ0) is 11.4. The van der Waals surface area contributed by atoms with Crippen LogP contribution in [0.15, 0.2) is 24.3 Å². The molecule has 2 fully saturated rings. The maximum Gasteiger partial charge on any atom is 0.141 e. The van der Waals surface area contributed by atoms with E-state index in [1.54, 1.807) is 12.1 Å². The molecule has 1 aromatic rings. The van der Waals surface area contributed by atoms with Crippen molar-refractivity contribution < 1.29 is 9.13 Å². The van der Waals surface area contributed by atoms with Crippen LogP contribution in [0.5, 0.6) is 0 Å². The normalized spacial score (nSPS) is 27.1. The molecule has 2 aliphatic heterocycles. The van der Waals surface area contributed by atoms with Crippen molar-refractivity contribution in [2.45, 2.75) is 10.6 Å². The lowest BCUT2D eigenvalue weighted by Crippen LogP contribution is -2.19. The third-order valence-corrected chi connectivity index (χ3v) is 3.82. The van der Waals surface area contributed by atoms with Gasteiger partial charge in [-0.25, -0.2) is 4.39 Å². The minimum Gasteiger partial charge on any atom is -0.379 e. The molecule has 2 heterocycles. The highest BCUT2D eigenvalue weighted by Crippen LogP contribution is 2.39. The third kappa shape index (κ3) is 3.63. The molecule has 2 atom stereocenters. The Morgan fingerprint density at radius 2 is 2.25 bits per heavy atom. The molecule has 16 heavy (non-hydrogen) atoms. The Bertz CT molecular complexity index is 322. The largest absolute Gasteiger partial charge is 0.379 e. The van der Waals surface area contributed by atoms with Gasteiger partial charge in [-0.05, 0) is 12.1 Å². The van der Waals surface area contributed by atoms with Crippen LogP contribution >= 0.6 is 23.4 Å². The topological polar surface area (TPSA) is 21.3 Å². The highest BCUT2D eigenvalue weighted by atomic mass is 35.5. The summed E-state index contributed by atoms with van der Waals surface area (Å²) in [4.78, 5) is 0. The number of fused-ring (bicyclic) bond motifs is 1. The predicted octanol–water partition coefficient (Wildman–Crippen LogP) is 2.53. The monoisotopic (exact) mass is 261 g/mol. The van der Waals surface area contributed by atoms with Gasteiger partial charge in [-0.15, -0.1) is 11.8 Å². The number of hydrogen-bond donors (Lipinski definition) is 1. The fourth-order valence-electron chi connectivity index (χ4n) is 1.36. The molecule has 1 aromatic carbocycles. The van der Waals surface area contributed by atoms with Crippen molar-refractivity contribution in [1.82, 2.24) is 5.32 Å². The fourth-order valence-corrected chi connectivity index (χ4v) is 2.35. The van der Waals surface area contributed by atoms with Crippen molar-refractivity contribution in [1.29, 1.82) is 0 Å². The second-order valence-electron chi connectivity index (χ2n) is 3.54. The van der Waals surface area contributed by atoms with Gasteiger partial charge < -0.3 is 10.1 Å². The average Bonchev–Trinajstić information content (AvgIpc) is 3.01. The van der Waals surface area contributed by atoms with Crippen LogP contribution in [-0.2, 0) is 4.74 Å². The number of hydrogen-bond acceptors (Lipinski definition) is 3. The van der Waals surface area contributed by atoms with E-state index < -0.39 is 0 Å². The molecule has 3 rings (SSSR count). The highest BCUT2D eigenvalue weighted by molar-refractivity contribution is 8.07. The van der Waals surface area contributed by atoms with Gasteiger partial charge in [-0.3, -0.25) is 0 Å². The Balaban J connectivity index is 0.000000120. The molecule has 0 bridgehead atoms. The maximum absolute atomic E-state index is 12.2. The number of nitrogens with one attached hydrogen (secondary N) is 1. The summed E-state index contributed by atoms with van der Waals surface area (Å²) in [5.74, 6) is -0.367. The fraction of sp³-hybridized carbons (Fsp3) is 0.455. The van der Waals surface area contributed by atoms with Gasteiger partial charge in [-0.2, -0.15) is 0 Å². The van der Waals surface area contributed by atoms with Crippen LogP contribution in [0.4, 0.5) is 4.39 Å². The summed E-state index contributed by atoms with van der Waals surface area (Å²) in [6.45, 7) is 2.89. The average molecular weight is 262 g/mol. The number of ether oxygens (including phenoxy) is 1. The van der Waals surface area contributed by atoms with Crippen LogP contribution < -0.4 is 5.32 Å². The van der Waals surface area contributed by atoms with Gasteiger partial charge in [0.1, 0.15) is 5.82 Å². The van der Waals surface area contributed by atoms with Crippen LogP contribution in [-0.4, -0.2) is 30.4 Å². The minimum absolute atomic E-state index is 0.174. The number of benzene rings is 1. The molecule has 2 nitrogen and oxygen atoms in total. The molecule has 2 unspecified atom stereocenters. The summed E-state index contributed by atoms with van der Waals surface area (Å²) in [6.07, 6.45) is 0. The SMILES string of the molecule is C1COCC2SC2N1.Fc1ccccc1Cl. The van der Waals surface area contributed by atoms with Crippen molar-refractivity contribution in [3.63, 3.8) is 0 Å². The zero-order valence-electron chi connectivity index (χ0n) is 8.66. The molecule has 0 spiro atoms. The number of rotatable bonds is 0. The number of halogens is 2. The summed E-state index contributed by atoms with van der Waals surface area (Å²) in [7, 11) is 0. The summed E-state index contributed by atoms with van der Waals surface area (Å²) >= 11 is 7.31. The van der Waals surface area contributed by atoms with E-state index in [0.717, 1.165) is 30.4 Å². The molecule has 2 aliphatic rings. The second-order valence-corrected chi connectivity index (χ2v) is 5.33. The molecule has 0 saturated carbocycles. The van der Waals surface area contributed by atoms with Crippen molar-refractivity contribution in [2.24, 2.45) is 0 Å². The van der Waals surface area contributed by atoms with Gasteiger partial charge in [0.2, 0.25) is 0 Å². The van der Waals surface area contributed by atoms with E-state index in [0.29, 0.717) is 0 Å². The first-order valence-electron chi connectivity index (χ1n) is 5.14. The molecule has 88 valence electrons. The lowest BCUT2D eigenvalue weighted by atomic mass is 10.4. The minimum atomic E-state index is -0.367. The van der Waals surface area contributed by atoms with Crippen LogP contribution in [0, 0.1) is 5.82 Å². The molecular formula is C11H13ClFNOS. The van der Waals surface area contributed by atoms with Crippen molar-refractivity contribution >= 4 is 23.4 Å². The van der Waals surface area contributed by atoms with Crippen molar-refractivity contribution in [3.05, 3.63) is 35.1 Å². The second kappa shape index (κ2) is 5.87. The van der Waals surface area contributed by atoms with Crippen LogP contribution in [0.3, 0.4) is 0 Å². The Hall–Kier alpha value is -0.290. The van der Waals surface area contributed by atoms with Crippen molar-refractivity contribution in [2.75, 3.05) is 19.8 Å². The van der Waals surface area contributed by atoms with E-state index >= 15 is 0 Å². The van der Waals surface area contributed by atoms with Crippen molar-refractivity contribution in [3.8, 4) is 0 Å². The Morgan fingerprint density at radius 1 is 1.44 bits per heavy atom. The Kier molecular flexibility index (Phi) is 4.46. The maximum atomic E-state index is 12.2. The van der Waals surface area contributed by atoms with Crippen LogP contribution in [0.25, 0.3) is 0 Å². The van der Waals surface area contributed by atoms with Gasteiger partial charge in [0, 0.05) is 6.54 Å². The predicted molar refractivity (Wildman–Crippen MR) is 65.4 cm³/mol. The molecule has 0 aliphatic carbocycles. The van der Waals surface area contributed by atoms with E-state index in [4.69, 9.17) is 16.3 Å². The van der Waals surface area contributed by atoms with E-state index in [9.17, 15) is 4.39 Å². The first-order chi connectivity index (χ1) is 7.77. The molecule has 0 radical (unpaired) electrons. The summed E-state index contributed by atoms with van der Waals surface area (Å²) < 4.78 is 17.5. The highest BCUT2D eigenvalue weighted by Gasteiger charge is 2.39. The van der Waals surface area contributed by atoms with Crippen LogP contribution in [0.1, 0.15) is 0 Å². The van der Waals surface area contributed by atoms with E-state index in [2.05, 4.69) is 5.32 Å². The first kappa shape index (κ1) is 12.2. The molecule has 1 N–H and O–H groups in total. The first-order valence-corrected chi connectivity index (χ1v) is 6.46. The smallest absolute Gasteiger partial charge is 0.141 e. The number of thioether (sulfide) groups is 1. The van der Waals surface area contributed by atoms with E-state index in [1.807, 2.05) is 11.8 Å². The van der Waals surface area contributed by atoms with Gasteiger partial charge in [0.15, 0.2) is 0 Å². The van der Waals surface area contributed by atoms with Gasteiger partial charge in [-0.1, -0.05) is 23.7 Å². The molecule has 0 aromatic heterocycles. The standard InChI is InChI=1S/C6H4ClF.C5H9NOS/c7-5-3-1-2-4-6(5)8;1-2-7-3-4-5(6-1)8-4/h1-4H;4-6H,1-3H2. The van der Waals surface area contributed by atoms with Gasteiger partial charge in [0.25, 0.3) is 0 Å². The Morgan fingerprint density at radius 3 is 2.94 bits per heavy atom. The summed E-state index contributed by atoms with van der Waals surface area (Å²) in [5.41, 5.74) is 0.